The Balaban J connectivity index is 0.000000121. The zero-order valence-electron chi connectivity index (χ0n) is 43.3. The number of nitrogens with zero attached hydrogens (tertiary/aromatic N) is 14. The Hall–Kier alpha value is -5.85. The molecule has 16 aromatic heterocycles. The van der Waals surface area contributed by atoms with Gasteiger partial charge in [-0.25, -0.2) is 50.7 Å². The van der Waals surface area contributed by atoms with Crippen molar-refractivity contribution in [1.82, 2.24) is 84.6 Å². The van der Waals surface area contributed by atoms with E-state index in [1.54, 1.807) is 68.6 Å². The Kier molecular flexibility index (Phi) is 24.2. The van der Waals surface area contributed by atoms with Crippen LogP contribution in [0.25, 0.3) is 78.3 Å². The molecule has 0 amide bonds. The number of fused-ring (bicyclic) bond motifs is 8. The van der Waals surface area contributed by atoms with Crippen LogP contribution in [0.1, 0.15) is 5.56 Å². The molecule has 452 valence electrons. The summed E-state index contributed by atoms with van der Waals surface area (Å²) in [6.07, 6.45) is 12.0. The highest BCUT2D eigenvalue weighted by atomic mass is 79.9. The van der Waals surface area contributed by atoms with Gasteiger partial charge in [-0.05, 0) is 134 Å². The van der Waals surface area contributed by atoms with E-state index in [2.05, 4.69) is 197 Å². The number of hydrogen-bond donors (Lipinski definition) is 8. The molecule has 0 radical (unpaired) electrons. The predicted octanol–water partition coefficient (Wildman–Crippen LogP) is 15.3. The van der Waals surface area contributed by atoms with E-state index in [-0.39, 0.29) is 16.7 Å². The maximum absolute atomic E-state index is 11.3. The van der Waals surface area contributed by atoms with Gasteiger partial charge in [0, 0.05) is 49.3 Å². The molecule has 0 aliphatic heterocycles. The third-order valence-electron chi connectivity index (χ3n) is 10.8. The van der Waals surface area contributed by atoms with Crippen LogP contribution in [0.4, 0.5) is 15.8 Å². The van der Waals surface area contributed by atoms with Crippen LogP contribution in [0.2, 0.25) is 5.15 Å². The number of aromatic nitrogens is 17. The molecule has 0 bridgehead atoms. The first-order valence-corrected chi connectivity index (χ1v) is 36.4. The average Bonchev–Trinajstić information content (AvgIpc) is 2.56. The predicted molar refractivity (Wildman–Crippen MR) is 386 cm³/mol. The van der Waals surface area contributed by atoms with E-state index < -0.39 is 0 Å². The second-order valence-electron chi connectivity index (χ2n) is 16.1. The number of hydrazine groups is 1. The van der Waals surface area contributed by atoms with Gasteiger partial charge >= 0.3 is 0 Å². The third-order valence-corrected chi connectivity index (χ3v) is 25.0. The standard InChI is InChI=1S/C7H3BrN4S.C6H2Br2N2OS.C6H2BrClN2S.2C6H5BrN4S.C6H3BrN2OS.C6H4N2OS.C5H4N2S/c8-4-1-13-7-5(4)6-11-10-3-12(6)2-9-7;7-3-2-5(11)9-1-10-6(2)12-4(3)8;7-3-1-11-6-4(3)5(8)9-2-10-6;7-3-1-12-6-4(3)5(11-8)9-2-10-6;7-3-1-12-5(8)4(3)6-9-2-10-11-6;7-3-1-11-6-4(3)5(10)8-2-9-6;9-5-4-1-2-10-6(4)8-3-7-5;6-3-4-1-2-8-5(4)7/h1-3H;1H,(H,9,10,11);1-2H;2*1-2H,8H2,(H,9,10,11);1-2H,(H,8,9,10);1-3H,(H,7,8,9);1-2H,7H2. The van der Waals surface area contributed by atoms with Crippen molar-refractivity contribution < 1.29 is 0 Å². The van der Waals surface area contributed by atoms with Gasteiger partial charge < -0.3 is 31.8 Å². The molecule has 25 nitrogen and oxygen atoms in total. The number of nitrogens with two attached hydrogens (primary N) is 3. The van der Waals surface area contributed by atoms with Crippen molar-refractivity contribution in [3.05, 3.63) is 173 Å². The number of H-pyrrole nitrogens is 4. The number of hydrogen-bond acceptors (Lipinski definition) is 28. The second-order valence-corrected chi connectivity index (χ2v) is 30.0. The van der Waals surface area contributed by atoms with Crippen LogP contribution in [-0.4, -0.2) is 84.6 Å². The van der Waals surface area contributed by atoms with Gasteiger partial charge in [-0.15, -0.1) is 101 Å². The Morgan fingerprint density at radius 3 is 1.71 bits per heavy atom. The molecule has 41 heteroatoms. The molecule has 16 aromatic rings. The van der Waals surface area contributed by atoms with Crippen molar-refractivity contribution in [3.63, 3.8) is 0 Å². The Morgan fingerprint density at radius 1 is 0.562 bits per heavy atom. The number of nitrogens with one attached hydrogen (secondary N) is 5. The molecule has 0 aromatic carbocycles. The van der Waals surface area contributed by atoms with Gasteiger partial charge in [0.15, 0.2) is 17.3 Å². The first kappa shape index (κ1) is 67.5. The summed E-state index contributed by atoms with van der Waals surface area (Å²) in [7, 11) is 0. The van der Waals surface area contributed by atoms with Gasteiger partial charge in [0.05, 0.1) is 75.7 Å². The minimum Gasteiger partial charge on any atom is -0.390 e. The molecule has 0 spiro atoms. The monoisotopic (exact) mass is 1800 g/mol. The van der Waals surface area contributed by atoms with Crippen LogP contribution in [0.3, 0.4) is 0 Å². The molecule has 16 heterocycles. The van der Waals surface area contributed by atoms with Crippen LogP contribution in [0, 0.1) is 11.3 Å². The van der Waals surface area contributed by atoms with E-state index >= 15 is 0 Å². The van der Waals surface area contributed by atoms with Crippen LogP contribution < -0.4 is 39.4 Å². The molecule has 0 aliphatic carbocycles. The van der Waals surface area contributed by atoms with Crippen LogP contribution in [0.5, 0.6) is 0 Å². The average molecular weight is 1810 g/mol. The summed E-state index contributed by atoms with van der Waals surface area (Å²) in [6.45, 7) is 0. The Bertz CT molecular complexity index is 5260. The first-order valence-electron chi connectivity index (χ1n) is 23.5. The normalized spacial score (nSPS) is 10.5. The fraction of sp³-hybridized carbons (Fsp3) is 0. The molecule has 0 saturated carbocycles. The first-order chi connectivity index (χ1) is 43.0. The van der Waals surface area contributed by atoms with Crippen molar-refractivity contribution in [1.29, 1.82) is 5.26 Å². The summed E-state index contributed by atoms with van der Waals surface area (Å²) in [5, 5.41) is 42.6. The summed E-state index contributed by atoms with van der Waals surface area (Å²) in [5.74, 6) is 6.63. The topological polar surface area (TPSA) is 387 Å². The quantitative estimate of drug-likeness (QED) is 0.0453. The maximum atomic E-state index is 11.3. The number of anilines is 3. The van der Waals surface area contributed by atoms with Crippen molar-refractivity contribution >= 4 is 297 Å². The fourth-order valence-corrected chi connectivity index (χ4v) is 18.4. The number of rotatable bonds is 2. The number of nitrogen functional groups attached to an aromatic ring is 3. The highest BCUT2D eigenvalue weighted by Gasteiger charge is 2.14. The van der Waals surface area contributed by atoms with Crippen molar-refractivity contribution in [2.24, 2.45) is 5.84 Å². The van der Waals surface area contributed by atoms with Crippen molar-refractivity contribution in [2.75, 3.05) is 16.9 Å². The van der Waals surface area contributed by atoms with Gasteiger partial charge in [0.25, 0.3) is 16.7 Å². The highest BCUT2D eigenvalue weighted by Crippen LogP contribution is 2.38. The van der Waals surface area contributed by atoms with Crippen molar-refractivity contribution in [3.8, 4) is 17.5 Å². The van der Waals surface area contributed by atoms with E-state index in [1.165, 1.54) is 94.6 Å². The van der Waals surface area contributed by atoms with Gasteiger partial charge in [-0.1, -0.05) is 11.6 Å². The fourth-order valence-electron chi connectivity index (χ4n) is 6.85. The maximum Gasteiger partial charge on any atom is 0.260 e. The minimum atomic E-state index is -0.117. The smallest absolute Gasteiger partial charge is 0.260 e. The summed E-state index contributed by atoms with van der Waals surface area (Å²) >= 11 is 41.2. The lowest BCUT2D eigenvalue weighted by Crippen LogP contribution is -2.08. The van der Waals surface area contributed by atoms with E-state index in [0.29, 0.717) is 43.5 Å². The van der Waals surface area contributed by atoms with Gasteiger partial charge in [-0.3, -0.25) is 23.9 Å². The summed E-state index contributed by atoms with van der Waals surface area (Å²) < 4.78 is 8.18. The van der Waals surface area contributed by atoms with E-state index in [9.17, 15) is 14.4 Å². The number of halogens is 8. The van der Waals surface area contributed by atoms with Crippen molar-refractivity contribution in [2.45, 2.75) is 0 Å². The zero-order chi connectivity index (χ0) is 63.3. The third kappa shape index (κ3) is 16.4. The van der Waals surface area contributed by atoms with E-state index in [4.69, 9.17) is 34.2 Å². The molecule has 0 unspecified atom stereocenters. The highest BCUT2D eigenvalue weighted by molar-refractivity contribution is 9.13. The van der Waals surface area contributed by atoms with Crippen LogP contribution in [-0.2, 0) is 0 Å². The summed E-state index contributed by atoms with van der Waals surface area (Å²) in [6, 6.07) is 5.44. The largest absolute Gasteiger partial charge is 0.390 e. The van der Waals surface area contributed by atoms with Gasteiger partial charge in [0.2, 0.25) is 0 Å². The number of aromatic amines is 4. The number of nitriles is 1. The lowest BCUT2D eigenvalue weighted by molar-refractivity contribution is 1.08. The Morgan fingerprint density at radius 2 is 1.13 bits per heavy atom. The molecule has 0 saturated heterocycles. The molecule has 0 fully saturated rings. The Labute approximate surface area is 592 Å². The van der Waals surface area contributed by atoms with Gasteiger partial charge in [-0.2, -0.15) is 10.4 Å². The van der Waals surface area contributed by atoms with Crippen LogP contribution >= 0.6 is 214 Å². The van der Waals surface area contributed by atoms with E-state index in [1.807, 2.05) is 38.3 Å². The summed E-state index contributed by atoms with van der Waals surface area (Å²) in [4.78, 5) is 82.3. The molecule has 89 heavy (non-hydrogen) atoms. The SMILES string of the molecule is Brc1csc2ncn3cnnc3c12.Clc1ncnc2scc(Br)c12.N#Cc1ccsc1N.NNc1ncnc2scc(Br)c12.Nc1scc(Br)c1-c1ncn[nH]1.O=c1[nH]cnc2sc(Br)c(Br)c12.O=c1[nH]cnc2scc(Br)c12.O=c1[nH]cnc2sccc12. The molecule has 11 N–H and O–H groups in total. The zero-order valence-corrected chi connectivity index (χ0v) is 61.7. The molecular formula is C48H28Br7ClN22O3S8. The van der Waals surface area contributed by atoms with Crippen LogP contribution in [0.15, 0.2) is 145 Å². The lowest BCUT2D eigenvalue weighted by atomic mass is 10.3. The summed E-state index contributed by atoms with van der Waals surface area (Å²) in [5.41, 5.74) is 15.6. The van der Waals surface area contributed by atoms with Gasteiger partial charge in [0.1, 0.15) is 76.8 Å². The lowest BCUT2D eigenvalue weighted by Gasteiger charge is -1.98. The molecular weight excluding hydrogens is 1780 g/mol. The molecule has 16 rings (SSSR count). The van der Waals surface area contributed by atoms with E-state index in [0.717, 1.165) is 92.0 Å². The minimum absolute atomic E-state index is 0.0637. The number of thiophene rings is 8. The second kappa shape index (κ2) is 31.9. The molecule has 0 atom stereocenters. The molecule has 0 aliphatic rings.